The predicted molar refractivity (Wildman–Crippen MR) is 79.0 cm³/mol. The van der Waals surface area contributed by atoms with Gasteiger partial charge in [0, 0.05) is 5.56 Å². The van der Waals surface area contributed by atoms with E-state index in [0.717, 1.165) is 5.56 Å². The highest BCUT2D eigenvalue weighted by atomic mass is 79.9. The van der Waals surface area contributed by atoms with Crippen LogP contribution in [-0.4, -0.2) is 22.3 Å². The number of hydrogen-bond acceptors (Lipinski definition) is 4. The van der Waals surface area contributed by atoms with Crippen LogP contribution in [0.1, 0.15) is 15.9 Å². The number of hydrogen-bond donors (Lipinski definition) is 3. The smallest absolute Gasteiger partial charge is 0.271 e. The highest BCUT2D eigenvalue weighted by Crippen LogP contribution is 2.23. The van der Waals surface area contributed by atoms with Crippen LogP contribution in [0.5, 0.6) is 11.5 Å². The molecule has 0 fully saturated rings. The summed E-state index contributed by atoms with van der Waals surface area (Å²) < 4.78 is 0.548. The molecule has 0 saturated heterocycles. The second-order valence-corrected chi connectivity index (χ2v) is 4.81. The molecule has 1 amide bonds. The van der Waals surface area contributed by atoms with E-state index in [4.69, 9.17) is 5.11 Å². The topological polar surface area (TPSA) is 81.9 Å². The Morgan fingerprint density at radius 1 is 1.15 bits per heavy atom. The Balaban J connectivity index is 2.00. The summed E-state index contributed by atoms with van der Waals surface area (Å²) in [6.07, 6.45) is 1.46. The number of nitrogens with one attached hydrogen (secondary N) is 1. The number of carbonyl (C=O) groups excluding carboxylic acids is 1. The number of phenols is 2. The average molecular weight is 335 g/mol. The second kappa shape index (κ2) is 6.21. The van der Waals surface area contributed by atoms with Crippen LogP contribution in [0.3, 0.4) is 0 Å². The third kappa shape index (κ3) is 3.58. The molecule has 2 aromatic rings. The van der Waals surface area contributed by atoms with Crippen LogP contribution in [0.25, 0.3) is 0 Å². The predicted octanol–water partition coefficient (Wildman–Crippen LogP) is 2.62. The number of phenolic OH excluding ortho intramolecular Hbond substituents is 2. The molecule has 2 rings (SSSR count). The Kier molecular flexibility index (Phi) is 4.37. The highest BCUT2D eigenvalue weighted by molar-refractivity contribution is 9.10. The summed E-state index contributed by atoms with van der Waals surface area (Å²) in [7, 11) is 0. The Morgan fingerprint density at radius 3 is 2.50 bits per heavy atom. The van der Waals surface area contributed by atoms with Crippen LogP contribution in [0, 0.1) is 0 Å². The standard InChI is InChI=1S/C14H11BrN2O3/c15-12-7-9(1-6-13(12)19)8-16-17-14(20)10-2-4-11(18)5-3-10/h1-8,18-19H,(H,17,20)/b16-8-. The molecule has 0 radical (unpaired) electrons. The van der Waals surface area contributed by atoms with E-state index in [1.54, 1.807) is 12.1 Å². The van der Waals surface area contributed by atoms with Crippen molar-refractivity contribution in [3.63, 3.8) is 0 Å². The number of nitrogens with zero attached hydrogens (tertiary/aromatic N) is 1. The summed E-state index contributed by atoms with van der Waals surface area (Å²) in [5, 5.41) is 22.3. The first kappa shape index (κ1) is 14.1. The normalized spacial score (nSPS) is 10.7. The first-order valence-electron chi connectivity index (χ1n) is 5.67. The molecule has 0 bridgehead atoms. The molecule has 0 aliphatic carbocycles. The molecule has 5 nitrogen and oxygen atoms in total. The first-order chi connectivity index (χ1) is 9.56. The van der Waals surface area contributed by atoms with Gasteiger partial charge in [-0.15, -0.1) is 0 Å². The molecule has 0 atom stereocenters. The number of aromatic hydroxyl groups is 2. The summed E-state index contributed by atoms with van der Waals surface area (Å²) in [5.41, 5.74) is 3.49. The van der Waals surface area contributed by atoms with Crippen LogP contribution >= 0.6 is 15.9 Å². The Bertz CT molecular complexity index is 654. The van der Waals surface area contributed by atoms with Gasteiger partial charge in [0.05, 0.1) is 10.7 Å². The van der Waals surface area contributed by atoms with Gasteiger partial charge in [0.15, 0.2) is 0 Å². The zero-order valence-corrected chi connectivity index (χ0v) is 11.8. The van der Waals surface area contributed by atoms with Crippen molar-refractivity contribution >= 4 is 28.1 Å². The van der Waals surface area contributed by atoms with Crippen LogP contribution < -0.4 is 5.43 Å². The van der Waals surface area contributed by atoms with Crippen molar-refractivity contribution in [1.29, 1.82) is 0 Å². The molecule has 3 N–H and O–H groups in total. The van der Waals surface area contributed by atoms with Crippen LogP contribution in [-0.2, 0) is 0 Å². The molecular weight excluding hydrogens is 324 g/mol. The lowest BCUT2D eigenvalue weighted by Crippen LogP contribution is -2.17. The van der Waals surface area contributed by atoms with Gasteiger partial charge in [-0.2, -0.15) is 5.10 Å². The number of rotatable bonds is 3. The monoisotopic (exact) mass is 334 g/mol. The highest BCUT2D eigenvalue weighted by Gasteiger charge is 2.03. The fraction of sp³-hybridized carbons (Fsp3) is 0. The van der Waals surface area contributed by atoms with Gasteiger partial charge in [-0.05, 0) is 64.0 Å². The van der Waals surface area contributed by atoms with Gasteiger partial charge in [-0.25, -0.2) is 5.43 Å². The maximum absolute atomic E-state index is 11.7. The molecule has 0 spiro atoms. The molecule has 0 aliphatic heterocycles. The van der Waals surface area contributed by atoms with Gasteiger partial charge in [0.1, 0.15) is 11.5 Å². The number of carbonyl (C=O) groups is 1. The SMILES string of the molecule is O=C(N/N=C\c1ccc(O)c(Br)c1)c1ccc(O)cc1. The fourth-order valence-corrected chi connectivity index (χ4v) is 1.84. The van der Waals surface area contributed by atoms with E-state index in [2.05, 4.69) is 26.5 Å². The molecule has 102 valence electrons. The molecular formula is C14H11BrN2O3. The van der Waals surface area contributed by atoms with E-state index in [9.17, 15) is 9.90 Å². The molecule has 0 aromatic heterocycles. The fourth-order valence-electron chi connectivity index (χ4n) is 1.45. The van der Waals surface area contributed by atoms with Crippen molar-refractivity contribution in [2.75, 3.05) is 0 Å². The molecule has 0 heterocycles. The van der Waals surface area contributed by atoms with E-state index in [1.165, 1.54) is 36.5 Å². The summed E-state index contributed by atoms with van der Waals surface area (Å²) in [4.78, 5) is 11.7. The lowest BCUT2D eigenvalue weighted by Gasteiger charge is -2.00. The van der Waals surface area contributed by atoms with E-state index in [0.29, 0.717) is 10.0 Å². The minimum atomic E-state index is -0.376. The number of hydrazone groups is 1. The van der Waals surface area contributed by atoms with Crippen LogP contribution in [0.15, 0.2) is 52.0 Å². The zero-order chi connectivity index (χ0) is 14.5. The summed E-state index contributed by atoms with van der Waals surface area (Å²) >= 11 is 3.19. The van der Waals surface area contributed by atoms with E-state index >= 15 is 0 Å². The van der Waals surface area contributed by atoms with Crippen molar-refractivity contribution in [1.82, 2.24) is 5.43 Å². The zero-order valence-electron chi connectivity index (χ0n) is 10.2. The summed E-state index contributed by atoms with van der Waals surface area (Å²) in [6, 6.07) is 10.7. The number of amides is 1. The van der Waals surface area contributed by atoms with Gasteiger partial charge >= 0.3 is 0 Å². The Hall–Kier alpha value is -2.34. The lowest BCUT2D eigenvalue weighted by atomic mass is 10.2. The maximum Gasteiger partial charge on any atom is 0.271 e. The molecule has 0 saturated carbocycles. The molecule has 2 aromatic carbocycles. The minimum absolute atomic E-state index is 0.0963. The molecule has 20 heavy (non-hydrogen) atoms. The largest absolute Gasteiger partial charge is 0.508 e. The third-order valence-corrected chi connectivity index (χ3v) is 3.12. The Labute approximate surface area is 123 Å². The third-order valence-electron chi connectivity index (χ3n) is 2.48. The average Bonchev–Trinajstić information content (AvgIpc) is 2.43. The number of benzene rings is 2. The first-order valence-corrected chi connectivity index (χ1v) is 6.46. The second-order valence-electron chi connectivity index (χ2n) is 3.96. The Morgan fingerprint density at radius 2 is 1.85 bits per heavy atom. The van der Waals surface area contributed by atoms with Crippen molar-refractivity contribution in [3.8, 4) is 11.5 Å². The summed E-state index contributed by atoms with van der Waals surface area (Å²) in [6.45, 7) is 0. The van der Waals surface area contributed by atoms with Gasteiger partial charge in [-0.3, -0.25) is 4.79 Å². The maximum atomic E-state index is 11.7. The van der Waals surface area contributed by atoms with E-state index in [1.807, 2.05) is 0 Å². The van der Waals surface area contributed by atoms with E-state index < -0.39 is 0 Å². The van der Waals surface area contributed by atoms with Gasteiger partial charge in [0.2, 0.25) is 0 Å². The molecule has 0 unspecified atom stereocenters. The molecule has 0 aliphatic rings. The van der Waals surface area contributed by atoms with Crippen LogP contribution in [0.4, 0.5) is 0 Å². The summed E-state index contributed by atoms with van der Waals surface area (Å²) in [5.74, 6) is -0.145. The lowest BCUT2D eigenvalue weighted by molar-refractivity contribution is 0.0955. The van der Waals surface area contributed by atoms with Crippen molar-refractivity contribution < 1.29 is 15.0 Å². The van der Waals surface area contributed by atoms with Crippen molar-refractivity contribution in [2.45, 2.75) is 0 Å². The van der Waals surface area contributed by atoms with Gasteiger partial charge in [-0.1, -0.05) is 0 Å². The molecule has 6 heteroatoms. The quantitative estimate of drug-likeness (QED) is 0.596. The van der Waals surface area contributed by atoms with Crippen molar-refractivity contribution in [3.05, 3.63) is 58.1 Å². The number of halogens is 1. The van der Waals surface area contributed by atoms with Crippen LogP contribution in [0.2, 0.25) is 0 Å². The van der Waals surface area contributed by atoms with E-state index in [-0.39, 0.29) is 17.4 Å². The van der Waals surface area contributed by atoms with Crippen molar-refractivity contribution in [2.24, 2.45) is 5.10 Å². The van der Waals surface area contributed by atoms with Gasteiger partial charge in [0.25, 0.3) is 5.91 Å². The minimum Gasteiger partial charge on any atom is -0.508 e. The van der Waals surface area contributed by atoms with Gasteiger partial charge < -0.3 is 10.2 Å².